The average molecular weight is 390 g/mol. The number of para-hydroxylation sites is 2. The zero-order valence-electron chi connectivity index (χ0n) is 16.0. The van der Waals surface area contributed by atoms with Gasteiger partial charge in [0, 0.05) is 24.4 Å². The summed E-state index contributed by atoms with van der Waals surface area (Å²) < 4.78 is 13.4. The molecule has 0 spiro atoms. The fourth-order valence-corrected chi connectivity index (χ4v) is 3.51. The van der Waals surface area contributed by atoms with Crippen LogP contribution in [0, 0.1) is 0 Å². The molecule has 29 heavy (non-hydrogen) atoms. The number of carbonyl (C=O) groups is 1. The predicted octanol–water partition coefficient (Wildman–Crippen LogP) is 2.78. The zero-order valence-corrected chi connectivity index (χ0v) is 16.0. The molecule has 0 unspecified atom stereocenters. The first-order valence-corrected chi connectivity index (χ1v) is 9.93. The maximum Gasteiger partial charge on any atom is 0.264 e. The number of aromatic nitrogens is 3. The number of rotatable bonds is 6. The van der Waals surface area contributed by atoms with Gasteiger partial charge in [-0.2, -0.15) is 5.10 Å². The zero-order chi connectivity index (χ0) is 19.6. The first-order valence-electron chi connectivity index (χ1n) is 9.93. The second-order valence-corrected chi connectivity index (χ2v) is 7.32. The number of ether oxygens (including phenoxy) is 2. The van der Waals surface area contributed by atoms with Crippen molar-refractivity contribution in [2.45, 2.75) is 31.4 Å². The minimum absolute atomic E-state index is 0.176. The fraction of sp³-hybridized carbons (Fsp3) is 0.318. The standard InChI is InChI=1S/C22H22N4O3/c27-22(21-14-28-19-6-1-2-7-20(19)29-21)24-11-12-26-18(15-8-9-15)13-17(25-26)16-5-3-4-10-23-16/h1-7,10,13,15,21H,8-9,11-12,14H2,(H,24,27)/t21-/m1/s1. The molecule has 148 valence electrons. The van der Waals surface area contributed by atoms with E-state index in [0.29, 0.717) is 30.5 Å². The number of nitrogens with one attached hydrogen (secondary N) is 1. The first-order chi connectivity index (χ1) is 14.3. The Hall–Kier alpha value is -3.35. The van der Waals surface area contributed by atoms with Gasteiger partial charge < -0.3 is 14.8 Å². The van der Waals surface area contributed by atoms with Crippen molar-refractivity contribution in [3.05, 3.63) is 60.4 Å². The highest BCUT2D eigenvalue weighted by Gasteiger charge is 2.29. The summed E-state index contributed by atoms with van der Waals surface area (Å²) in [5.74, 6) is 1.65. The third kappa shape index (κ3) is 3.81. The van der Waals surface area contributed by atoms with E-state index in [-0.39, 0.29) is 12.5 Å². The minimum Gasteiger partial charge on any atom is -0.485 e. The van der Waals surface area contributed by atoms with Gasteiger partial charge in [0.25, 0.3) is 5.91 Å². The molecule has 1 N–H and O–H groups in total. The van der Waals surface area contributed by atoms with Crippen LogP contribution < -0.4 is 14.8 Å². The average Bonchev–Trinajstić information content (AvgIpc) is 3.53. The molecular weight excluding hydrogens is 368 g/mol. The number of benzene rings is 1. The number of hydrogen-bond donors (Lipinski definition) is 1. The molecule has 3 aromatic rings. The smallest absolute Gasteiger partial charge is 0.264 e. The lowest BCUT2D eigenvalue weighted by atomic mass is 10.2. The molecule has 0 saturated heterocycles. The van der Waals surface area contributed by atoms with Crippen molar-refractivity contribution < 1.29 is 14.3 Å². The minimum atomic E-state index is -0.644. The maximum atomic E-state index is 12.5. The van der Waals surface area contributed by atoms with E-state index < -0.39 is 6.10 Å². The summed E-state index contributed by atoms with van der Waals surface area (Å²) in [5.41, 5.74) is 2.95. The molecule has 3 heterocycles. The largest absolute Gasteiger partial charge is 0.485 e. The van der Waals surface area contributed by atoms with Gasteiger partial charge in [-0.25, -0.2) is 0 Å². The number of pyridine rings is 1. The Labute approximate surface area is 168 Å². The Bertz CT molecular complexity index is 1010. The van der Waals surface area contributed by atoms with Crippen LogP contribution in [0.5, 0.6) is 11.5 Å². The normalized spacial score (nSPS) is 17.7. The topological polar surface area (TPSA) is 78.3 Å². The van der Waals surface area contributed by atoms with Gasteiger partial charge >= 0.3 is 0 Å². The molecule has 1 fully saturated rings. The van der Waals surface area contributed by atoms with E-state index in [1.165, 1.54) is 18.5 Å². The molecule has 2 aromatic heterocycles. The number of amides is 1. The molecule has 1 aromatic carbocycles. The van der Waals surface area contributed by atoms with Gasteiger partial charge in [-0.05, 0) is 43.2 Å². The molecule has 1 saturated carbocycles. The molecule has 7 heteroatoms. The molecular formula is C22H22N4O3. The van der Waals surface area contributed by atoms with Crippen LogP contribution in [0.15, 0.2) is 54.7 Å². The Balaban J connectivity index is 1.22. The maximum absolute atomic E-state index is 12.5. The number of fused-ring (bicyclic) bond motifs is 1. The van der Waals surface area contributed by atoms with Gasteiger partial charge in [-0.3, -0.25) is 14.5 Å². The summed E-state index contributed by atoms with van der Waals surface area (Å²) in [4.78, 5) is 16.9. The van der Waals surface area contributed by atoms with Crippen LogP contribution in [-0.2, 0) is 11.3 Å². The van der Waals surface area contributed by atoms with E-state index in [0.717, 1.165) is 11.4 Å². The number of carbonyl (C=O) groups excluding carboxylic acids is 1. The molecule has 1 amide bonds. The summed E-state index contributed by atoms with van der Waals surface area (Å²) in [7, 11) is 0. The molecule has 0 bridgehead atoms. The third-order valence-corrected chi connectivity index (χ3v) is 5.16. The lowest BCUT2D eigenvalue weighted by Crippen LogP contribution is -2.44. The number of hydrogen-bond acceptors (Lipinski definition) is 5. The van der Waals surface area contributed by atoms with Crippen molar-refractivity contribution in [1.82, 2.24) is 20.1 Å². The lowest BCUT2D eigenvalue weighted by Gasteiger charge is -2.25. The van der Waals surface area contributed by atoms with Crippen LogP contribution >= 0.6 is 0 Å². The van der Waals surface area contributed by atoms with Crippen molar-refractivity contribution in [2.24, 2.45) is 0 Å². The highest BCUT2D eigenvalue weighted by Crippen LogP contribution is 2.41. The molecule has 2 aliphatic rings. The highest BCUT2D eigenvalue weighted by molar-refractivity contribution is 5.81. The van der Waals surface area contributed by atoms with Gasteiger partial charge in [0.2, 0.25) is 6.10 Å². The molecule has 0 radical (unpaired) electrons. The van der Waals surface area contributed by atoms with E-state index in [1.54, 1.807) is 12.3 Å². The predicted molar refractivity (Wildman–Crippen MR) is 107 cm³/mol. The molecule has 5 rings (SSSR count). The van der Waals surface area contributed by atoms with Crippen molar-refractivity contribution >= 4 is 5.91 Å². The Kier molecular flexibility index (Phi) is 4.63. The third-order valence-electron chi connectivity index (χ3n) is 5.16. The Morgan fingerprint density at radius 2 is 1.93 bits per heavy atom. The van der Waals surface area contributed by atoms with E-state index in [4.69, 9.17) is 14.6 Å². The van der Waals surface area contributed by atoms with Gasteiger partial charge in [-0.1, -0.05) is 18.2 Å². The van der Waals surface area contributed by atoms with Crippen molar-refractivity contribution in [3.63, 3.8) is 0 Å². The summed E-state index contributed by atoms with van der Waals surface area (Å²) in [6.45, 7) is 1.29. The highest BCUT2D eigenvalue weighted by atomic mass is 16.6. The summed E-state index contributed by atoms with van der Waals surface area (Å²) >= 11 is 0. The van der Waals surface area contributed by atoms with E-state index >= 15 is 0 Å². The molecule has 1 aliphatic heterocycles. The van der Waals surface area contributed by atoms with Gasteiger partial charge in [0.15, 0.2) is 11.5 Å². The summed E-state index contributed by atoms with van der Waals surface area (Å²) in [6.07, 6.45) is 3.50. The van der Waals surface area contributed by atoms with E-state index in [2.05, 4.69) is 16.4 Å². The monoisotopic (exact) mass is 390 g/mol. The molecule has 1 atom stereocenters. The van der Waals surface area contributed by atoms with Crippen LogP contribution in [-0.4, -0.2) is 39.9 Å². The van der Waals surface area contributed by atoms with Crippen molar-refractivity contribution in [2.75, 3.05) is 13.2 Å². The molecule has 1 aliphatic carbocycles. The fourth-order valence-electron chi connectivity index (χ4n) is 3.51. The van der Waals surface area contributed by atoms with E-state index in [1.807, 2.05) is 41.1 Å². The van der Waals surface area contributed by atoms with Crippen LogP contribution in [0.1, 0.15) is 24.5 Å². The van der Waals surface area contributed by atoms with Crippen LogP contribution in [0.3, 0.4) is 0 Å². The SMILES string of the molecule is O=C(NCCn1nc(-c2ccccn2)cc1C1CC1)[C@H]1COc2ccccc2O1. The van der Waals surface area contributed by atoms with Gasteiger partial charge in [0.1, 0.15) is 12.3 Å². The Morgan fingerprint density at radius 3 is 2.72 bits per heavy atom. The van der Waals surface area contributed by atoms with Gasteiger partial charge in [-0.15, -0.1) is 0 Å². The Morgan fingerprint density at radius 1 is 1.10 bits per heavy atom. The second kappa shape index (κ2) is 7.58. The summed E-state index contributed by atoms with van der Waals surface area (Å²) in [5, 5.41) is 7.67. The second-order valence-electron chi connectivity index (χ2n) is 7.32. The number of nitrogens with zero attached hydrogens (tertiary/aromatic N) is 3. The van der Waals surface area contributed by atoms with Crippen LogP contribution in [0.25, 0.3) is 11.4 Å². The lowest BCUT2D eigenvalue weighted by molar-refractivity contribution is -0.130. The first kappa shape index (κ1) is 17.7. The molecule has 7 nitrogen and oxygen atoms in total. The summed E-state index contributed by atoms with van der Waals surface area (Å²) in [6, 6.07) is 15.3. The van der Waals surface area contributed by atoms with Crippen molar-refractivity contribution in [1.29, 1.82) is 0 Å². The van der Waals surface area contributed by atoms with Gasteiger partial charge in [0.05, 0.1) is 12.2 Å². The quantitative estimate of drug-likeness (QED) is 0.700. The van der Waals surface area contributed by atoms with E-state index in [9.17, 15) is 4.79 Å². The van der Waals surface area contributed by atoms with Crippen molar-refractivity contribution in [3.8, 4) is 22.9 Å². The van der Waals surface area contributed by atoms with Crippen LogP contribution in [0.4, 0.5) is 0 Å². The van der Waals surface area contributed by atoms with Crippen LogP contribution in [0.2, 0.25) is 0 Å².